The number of aromatic nitrogens is 1. The summed E-state index contributed by atoms with van der Waals surface area (Å²) in [7, 11) is 0. The van der Waals surface area contributed by atoms with E-state index in [2.05, 4.69) is 16.6 Å². The van der Waals surface area contributed by atoms with Gasteiger partial charge < -0.3 is 11.1 Å². The maximum Gasteiger partial charge on any atom is 0.269 e. The van der Waals surface area contributed by atoms with Gasteiger partial charge in [0.05, 0.1) is 11.9 Å². The Balaban J connectivity index is 1.93. The summed E-state index contributed by atoms with van der Waals surface area (Å²) in [6, 6.07) is 3.35. The van der Waals surface area contributed by atoms with Crippen LogP contribution < -0.4 is 11.1 Å². The van der Waals surface area contributed by atoms with E-state index in [1.165, 1.54) is 31.9 Å². The minimum atomic E-state index is -0.115. The number of amides is 1. The lowest BCUT2D eigenvalue weighted by atomic mass is 10.1. The molecule has 4 nitrogen and oxygen atoms in total. The number of carbonyl (C=O) groups is 1. The van der Waals surface area contributed by atoms with Crippen LogP contribution in [0, 0.1) is 0 Å². The first-order valence-corrected chi connectivity index (χ1v) is 7.43. The summed E-state index contributed by atoms with van der Waals surface area (Å²) in [5.74, 6) is -0.115. The maximum absolute atomic E-state index is 11.9. The van der Waals surface area contributed by atoms with Crippen LogP contribution in [0.4, 0.5) is 5.69 Å². The van der Waals surface area contributed by atoms with Gasteiger partial charge in [0.25, 0.3) is 5.91 Å². The fourth-order valence-corrected chi connectivity index (χ4v) is 3.26. The Morgan fingerprint density at radius 1 is 1.50 bits per heavy atom. The second kappa shape index (κ2) is 5.61. The third kappa shape index (κ3) is 2.96. The van der Waals surface area contributed by atoms with Crippen LogP contribution in [-0.2, 0) is 0 Å². The fourth-order valence-electron chi connectivity index (χ4n) is 2.34. The molecule has 3 N–H and O–H groups in total. The summed E-state index contributed by atoms with van der Waals surface area (Å²) in [6.07, 6.45) is 8.52. The van der Waals surface area contributed by atoms with Crippen LogP contribution in [0.3, 0.4) is 0 Å². The van der Waals surface area contributed by atoms with Crippen LogP contribution in [-0.4, -0.2) is 28.4 Å². The molecule has 1 heterocycles. The summed E-state index contributed by atoms with van der Waals surface area (Å²) in [5, 5.41) is 2.99. The van der Waals surface area contributed by atoms with Crippen molar-refractivity contribution in [2.24, 2.45) is 0 Å². The lowest BCUT2D eigenvalue weighted by Crippen LogP contribution is -2.38. The molecule has 0 spiro atoms. The second-order valence-corrected chi connectivity index (χ2v) is 6.03. The van der Waals surface area contributed by atoms with Crippen LogP contribution in [0.1, 0.15) is 36.2 Å². The van der Waals surface area contributed by atoms with Gasteiger partial charge in [-0.15, -0.1) is 0 Å². The number of carbonyl (C=O) groups excluding carboxylic acids is 1. The summed E-state index contributed by atoms with van der Waals surface area (Å²) >= 11 is 1.86. The van der Waals surface area contributed by atoms with Crippen molar-refractivity contribution in [1.82, 2.24) is 10.3 Å². The number of nitrogens with zero attached hydrogens (tertiary/aromatic N) is 1. The van der Waals surface area contributed by atoms with E-state index >= 15 is 0 Å². The zero-order valence-corrected chi connectivity index (χ0v) is 11.4. The van der Waals surface area contributed by atoms with Gasteiger partial charge in [0.1, 0.15) is 5.69 Å². The molecule has 1 aliphatic rings. The fraction of sp³-hybridized carbons (Fsp3) is 0.538. The molecule has 0 saturated heterocycles. The van der Waals surface area contributed by atoms with Crippen LogP contribution in [0.5, 0.6) is 0 Å². The van der Waals surface area contributed by atoms with Gasteiger partial charge in [-0.25, -0.2) is 4.98 Å². The number of hydrogen-bond acceptors (Lipinski definition) is 4. The third-order valence-electron chi connectivity index (χ3n) is 3.54. The summed E-state index contributed by atoms with van der Waals surface area (Å²) < 4.78 is 0.226. The molecule has 98 valence electrons. The highest BCUT2D eigenvalue weighted by atomic mass is 32.2. The molecule has 5 heteroatoms. The number of rotatable bonds is 4. The van der Waals surface area contributed by atoms with Gasteiger partial charge in [0.15, 0.2) is 0 Å². The first kappa shape index (κ1) is 13.2. The van der Waals surface area contributed by atoms with Crippen molar-refractivity contribution in [2.75, 3.05) is 18.5 Å². The van der Waals surface area contributed by atoms with Crippen molar-refractivity contribution in [3.8, 4) is 0 Å². The number of hydrogen-bond donors (Lipinski definition) is 2. The first-order valence-electron chi connectivity index (χ1n) is 6.20. The molecule has 1 aromatic heterocycles. The molecular formula is C13H19N3OS. The van der Waals surface area contributed by atoms with Gasteiger partial charge in [-0.1, -0.05) is 12.8 Å². The largest absolute Gasteiger partial charge is 0.397 e. The summed E-state index contributed by atoms with van der Waals surface area (Å²) in [4.78, 5) is 16.0. The van der Waals surface area contributed by atoms with Gasteiger partial charge in [-0.2, -0.15) is 11.8 Å². The number of thioether (sulfide) groups is 1. The van der Waals surface area contributed by atoms with E-state index in [0.717, 1.165) is 6.54 Å². The van der Waals surface area contributed by atoms with Gasteiger partial charge in [0.2, 0.25) is 0 Å². The molecule has 1 saturated carbocycles. The van der Waals surface area contributed by atoms with Crippen molar-refractivity contribution in [3.63, 3.8) is 0 Å². The molecule has 0 aromatic carbocycles. The van der Waals surface area contributed by atoms with E-state index in [1.54, 1.807) is 12.1 Å². The second-order valence-electron chi connectivity index (χ2n) is 4.75. The highest BCUT2D eigenvalue weighted by Crippen LogP contribution is 2.39. The van der Waals surface area contributed by atoms with Crippen molar-refractivity contribution >= 4 is 23.4 Å². The van der Waals surface area contributed by atoms with E-state index in [-0.39, 0.29) is 10.7 Å². The monoisotopic (exact) mass is 265 g/mol. The van der Waals surface area contributed by atoms with Crippen LogP contribution in [0.15, 0.2) is 18.3 Å². The van der Waals surface area contributed by atoms with Gasteiger partial charge in [0, 0.05) is 11.3 Å². The predicted molar refractivity (Wildman–Crippen MR) is 75.7 cm³/mol. The van der Waals surface area contributed by atoms with Crippen molar-refractivity contribution < 1.29 is 4.79 Å². The van der Waals surface area contributed by atoms with Crippen molar-refractivity contribution in [3.05, 3.63) is 24.0 Å². The molecule has 0 unspecified atom stereocenters. The lowest BCUT2D eigenvalue weighted by Gasteiger charge is -2.26. The van der Waals surface area contributed by atoms with E-state index in [1.807, 2.05) is 11.8 Å². The zero-order valence-electron chi connectivity index (χ0n) is 10.6. The van der Waals surface area contributed by atoms with Gasteiger partial charge >= 0.3 is 0 Å². The highest BCUT2D eigenvalue weighted by molar-refractivity contribution is 8.00. The van der Waals surface area contributed by atoms with E-state index in [0.29, 0.717) is 11.4 Å². The number of nitrogens with two attached hydrogens (primary N) is 1. The van der Waals surface area contributed by atoms with Crippen molar-refractivity contribution in [1.29, 1.82) is 0 Å². The molecule has 1 aromatic rings. The number of nitrogens with one attached hydrogen (secondary N) is 1. The molecule has 1 amide bonds. The van der Waals surface area contributed by atoms with Crippen LogP contribution in [0.25, 0.3) is 0 Å². The highest BCUT2D eigenvalue weighted by Gasteiger charge is 2.33. The molecular weight excluding hydrogens is 246 g/mol. The standard InChI is InChI=1S/C13H19N3OS/c1-18-13(6-2-3-7-13)9-16-12(17)11-5-4-10(14)8-15-11/h4-5,8H,2-3,6-7,9,14H2,1H3,(H,16,17). The molecule has 0 radical (unpaired) electrons. The maximum atomic E-state index is 11.9. The molecule has 2 rings (SSSR count). The van der Waals surface area contributed by atoms with Gasteiger partial charge in [-0.05, 0) is 31.2 Å². The van der Waals surface area contributed by atoms with E-state index < -0.39 is 0 Å². The van der Waals surface area contributed by atoms with E-state index in [9.17, 15) is 4.79 Å². The number of nitrogen functional groups attached to an aromatic ring is 1. The average molecular weight is 265 g/mol. The van der Waals surface area contributed by atoms with Gasteiger partial charge in [-0.3, -0.25) is 4.79 Å². The SMILES string of the molecule is CSC1(CNC(=O)c2ccc(N)cn2)CCCC1. The third-order valence-corrected chi connectivity index (χ3v) is 4.96. The minimum absolute atomic E-state index is 0.115. The number of pyridine rings is 1. The summed E-state index contributed by atoms with van der Waals surface area (Å²) in [6.45, 7) is 0.721. The van der Waals surface area contributed by atoms with Crippen LogP contribution >= 0.6 is 11.8 Å². The topological polar surface area (TPSA) is 68.0 Å². The Bertz CT molecular complexity index is 413. The molecule has 18 heavy (non-hydrogen) atoms. The molecule has 1 aliphatic carbocycles. The quantitative estimate of drug-likeness (QED) is 0.874. The number of anilines is 1. The molecule has 0 aliphatic heterocycles. The smallest absolute Gasteiger partial charge is 0.269 e. The Kier molecular flexibility index (Phi) is 4.11. The summed E-state index contributed by atoms with van der Waals surface area (Å²) in [5.41, 5.74) is 6.55. The zero-order chi connectivity index (χ0) is 13.0. The first-order chi connectivity index (χ1) is 8.65. The lowest BCUT2D eigenvalue weighted by molar-refractivity contribution is 0.0944. The Hall–Kier alpha value is -1.23. The molecule has 1 fully saturated rings. The Morgan fingerprint density at radius 3 is 2.78 bits per heavy atom. The average Bonchev–Trinajstić information content (AvgIpc) is 2.86. The normalized spacial score (nSPS) is 17.6. The Labute approximate surface area is 112 Å². The van der Waals surface area contributed by atoms with Crippen molar-refractivity contribution in [2.45, 2.75) is 30.4 Å². The van der Waals surface area contributed by atoms with Crippen LogP contribution in [0.2, 0.25) is 0 Å². The predicted octanol–water partition coefficient (Wildman–Crippen LogP) is 2.07. The molecule has 0 atom stereocenters. The molecule has 0 bridgehead atoms. The Morgan fingerprint density at radius 2 is 2.22 bits per heavy atom. The minimum Gasteiger partial charge on any atom is -0.397 e. The van der Waals surface area contributed by atoms with E-state index in [4.69, 9.17) is 5.73 Å².